The number of amides is 1. The molecule has 0 radical (unpaired) electrons. The van der Waals surface area contributed by atoms with Crippen molar-refractivity contribution in [3.8, 4) is 11.1 Å². The van der Waals surface area contributed by atoms with Crippen molar-refractivity contribution in [3.05, 3.63) is 48.5 Å². The van der Waals surface area contributed by atoms with Gasteiger partial charge in [-0.2, -0.15) is 0 Å². The molecule has 134 valence electrons. The van der Waals surface area contributed by atoms with Crippen molar-refractivity contribution < 1.29 is 4.79 Å². The topological polar surface area (TPSA) is 58.1 Å². The number of piperazine rings is 1. The molecule has 1 N–H and O–H groups in total. The highest BCUT2D eigenvalue weighted by Crippen LogP contribution is 2.38. The van der Waals surface area contributed by atoms with E-state index in [-0.39, 0.29) is 0 Å². The first-order valence-corrected chi connectivity index (χ1v) is 9.70. The number of aromatic nitrogens is 2. The molecule has 1 amide bonds. The number of nitrogens with one attached hydrogen (secondary N) is 1. The summed E-state index contributed by atoms with van der Waals surface area (Å²) < 4.78 is 0. The first kappa shape index (κ1) is 15.9. The SMILES string of the molecule is O=C(C1CCCC1)N1C[C@@H]2N[C@H](C1)C2c1ccc(-c2cncnc2)cc1. The van der Waals surface area contributed by atoms with Gasteiger partial charge >= 0.3 is 0 Å². The van der Waals surface area contributed by atoms with Crippen molar-refractivity contribution in [2.24, 2.45) is 5.92 Å². The van der Waals surface area contributed by atoms with Gasteiger partial charge in [-0.05, 0) is 24.0 Å². The number of benzene rings is 1. The van der Waals surface area contributed by atoms with Gasteiger partial charge in [-0.1, -0.05) is 37.1 Å². The molecule has 5 nitrogen and oxygen atoms in total. The highest BCUT2D eigenvalue weighted by atomic mass is 16.2. The maximum absolute atomic E-state index is 12.7. The second-order valence-electron chi connectivity index (χ2n) is 7.88. The minimum Gasteiger partial charge on any atom is -0.339 e. The molecule has 4 aliphatic rings. The molecule has 26 heavy (non-hydrogen) atoms. The standard InChI is InChI=1S/C21H24N4O/c26-21(16-3-1-2-4-16)25-11-18-20(19(12-25)24-18)15-7-5-14(6-8-15)17-9-22-13-23-10-17/h5-10,13,16,18-20,24H,1-4,11-12H2/t18-,19+,20?. The molecule has 3 atom stereocenters. The monoisotopic (exact) mass is 348 g/mol. The first-order valence-electron chi connectivity index (χ1n) is 9.70. The van der Waals surface area contributed by atoms with Crippen LogP contribution in [0, 0.1) is 5.92 Å². The molecule has 2 bridgehead atoms. The van der Waals surface area contributed by atoms with E-state index in [9.17, 15) is 4.79 Å². The lowest BCUT2D eigenvalue weighted by Crippen LogP contribution is -2.72. The third-order valence-corrected chi connectivity index (χ3v) is 6.33. The Hall–Kier alpha value is -2.27. The lowest BCUT2D eigenvalue weighted by molar-refractivity contribution is -0.140. The zero-order valence-electron chi connectivity index (χ0n) is 14.8. The summed E-state index contributed by atoms with van der Waals surface area (Å²) in [6.07, 6.45) is 9.85. The summed E-state index contributed by atoms with van der Waals surface area (Å²) in [5, 5.41) is 3.64. The van der Waals surface area contributed by atoms with Crippen LogP contribution in [0.1, 0.15) is 37.2 Å². The summed E-state index contributed by atoms with van der Waals surface area (Å²) in [6.45, 7) is 1.70. The fraction of sp³-hybridized carbons (Fsp3) is 0.476. The maximum Gasteiger partial charge on any atom is 0.225 e. The van der Waals surface area contributed by atoms with Crippen LogP contribution >= 0.6 is 0 Å². The Bertz CT molecular complexity index is 773. The number of hydrogen-bond acceptors (Lipinski definition) is 4. The van der Waals surface area contributed by atoms with Gasteiger partial charge in [0.05, 0.1) is 0 Å². The Labute approximate surface area is 153 Å². The van der Waals surface area contributed by atoms with Crippen LogP contribution in [-0.4, -0.2) is 45.9 Å². The first-order chi connectivity index (χ1) is 12.8. The lowest BCUT2D eigenvalue weighted by Gasteiger charge is -2.55. The Morgan fingerprint density at radius 1 is 0.962 bits per heavy atom. The Kier molecular flexibility index (Phi) is 3.97. The van der Waals surface area contributed by atoms with Gasteiger partial charge in [-0.3, -0.25) is 4.79 Å². The predicted molar refractivity (Wildman–Crippen MR) is 99.5 cm³/mol. The van der Waals surface area contributed by atoms with Gasteiger partial charge in [-0.25, -0.2) is 9.97 Å². The van der Waals surface area contributed by atoms with Gasteiger partial charge < -0.3 is 10.2 Å². The molecule has 1 saturated carbocycles. The van der Waals surface area contributed by atoms with Crippen LogP contribution in [0.15, 0.2) is 43.0 Å². The smallest absolute Gasteiger partial charge is 0.225 e. The van der Waals surface area contributed by atoms with Crippen LogP contribution in [0.4, 0.5) is 0 Å². The fourth-order valence-electron chi connectivity index (χ4n) is 4.95. The Balaban J connectivity index is 1.27. The molecule has 1 aromatic carbocycles. The third kappa shape index (κ3) is 2.71. The third-order valence-electron chi connectivity index (χ3n) is 6.33. The van der Waals surface area contributed by atoms with Crippen LogP contribution in [-0.2, 0) is 4.79 Å². The van der Waals surface area contributed by atoms with Crippen molar-refractivity contribution in [1.29, 1.82) is 0 Å². The summed E-state index contributed by atoms with van der Waals surface area (Å²) in [4.78, 5) is 23.0. The zero-order valence-corrected chi connectivity index (χ0v) is 14.8. The molecule has 4 heterocycles. The molecule has 2 aromatic rings. The number of fused-ring (bicyclic) bond motifs is 2. The van der Waals surface area contributed by atoms with Crippen LogP contribution in [0.2, 0.25) is 0 Å². The van der Waals surface area contributed by atoms with Crippen molar-refractivity contribution in [1.82, 2.24) is 20.2 Å². The lowest BCUT2D eigenvalue weighted by atomic mass is 9.74. The van der Waals surface area contributed by atoms with Crippen molar-refractivity contribution >= 4 is 5.91 Å². The molecule has 5 heteroatoms. The van der Waals surface area contributed by atoms with E-state index in [2.05, 4.69) is 44.5 Å². The quantitative estimate of drug-likeness (QED) is 0.926. The second-order valence-corrected chi connectivity index (χ2v) is 7.88. The second kappa shape index (κ2) is 6.47. The molecule has 3 saturated heterocycles. The molecular formula is C21H24N4O. The van der Waals surface area contributed by atoms with E-state index in [1.54, 1.807) is 6.33 Å². The predicted octanol–water partition coefficient (Wildman–Crippen LogP) is 2.60. The summed E-state index contributed by atoms with van der Waals surface area (Å²) in [6, 6.07) is 9.55. The van der Waals surface area contributed by atoms with Gasteiger partial charge in [0, 0.05) is 55.0 Å². The van der Waals surface area contributed by atoms with E-state index in [1.165, 1.54) is 18.4 Å². The number of carbonyl (C=O) groups is 1. The van der Waals surface area contributed by atoms with Gasteiger partial charge in [0.15, 0.2) is 0 Å². The summed E-state index contributed by atoms with van der Waals surface area (Å²) in [5.41, 5.74) is 3.55. The van der Waals surface area contributed by atoms with Gasteiger partial charge in [0.25, 0.3) is 0 Å². The molecule has 1 aromatic heterocycles. The minimum absolute atomic E-state index is 0.290. The number of nitrogens with zero attached hydrogens (tertiary/aromatic N) is 3. The van der Waals surface area contributed by atoms with E-state index >= 15 is 0 Å². The highest BCUT2D eigenvalue weighted by molar-refractivity contribution is 5.79. The Morgan fingerprint density at radius 2 is 1.62 bits per heavy atom. The number of hydrogen-bond donors (Lipinski definition) is 1. The van der Waals surface area contributed by atoms with Crippen molar-refractivity contribution in [2.45, 2.75) is 43.7 Å². The van der Waals surface area contributed by atoms with Crippen LogP contribution < -0.4 is 5.32 Å². The summed E-state index contributed by atoms with van der Waals surface area (Å²) in [5.74, 6) is 1.21. The van der Waals surface area contributed by atoms with Gasteiger partial charge in [0.1, 0.15) is 6.33 Å². The highest BCUT2D eigenvalue weighted by Gasteiger charge is 2.48. The average Bonchev–Trinajstić information content (AvgIpc) is 3.23. The normalized spacial score (nSPS) is 28.0. The van der Waals surface area contributed by atoms with Crippen LogP contribution in [0.3, 0.4) is 0 Å². The molecule has 0 spiro atoms. The van der Waals surface area contributed by atoms with E-state index in [1.807, 2.05) is 12.4 Å². The molecule has 3 aliphatic heterocycles. The van der Waals surface area contributed by atoms with E-state index in [4.69, 9.17) is 0 Å². The zero-order chi connectivity index (χ0) is 17.5. The number of piperidine rings is 1. The van der Waals surface area contributed by atoms with E-state index in [0.29, 0.717) is 29.8 Å². The average molecular weight is 348 g/mol. The van der Waals surface area contributed by atoms with Crippen molar-refractivity contribution in [2.75, 3.05) is 13.1 Å². The summed E-state index contributed by atoms with van der Waals surface area (Å²) in [7, 11) is 0. The van der Waals surface area contributed by atoms with E-state index < -0.39 is 0 Å². The fourth-order valence-corrected chi connectivity index (χ4v) is 4.95. The van der Waals surface area contributed by atoms with Gasteiger partial charge in [0.2, 0.25) is 5.91 Å². The Morgan fingerprint density at radius 3 is 2.27 bits per heavy atom. The molecule has 1 unspecified atom stereocenters. The van der Waals surface area contributed by atoms with Crippen molar-refractivity contribution in [3.63, 3.8) is 0 Å². The van der Waals surface area contributed by atoms with Crippen LogP contribution in [0.25, 0.3) is 11.1 Å². The molecule has 4 fully saturated rings. The molecule has 1 aliphatic carbocycles. The number of rotatable bonds is 3. The number of carbonyl (C=O) groups excluding carboxylic acids is 1. The minimum atomic E-state index is 0.290. The molecular weight excluding hydrogens is 324 g/mol. The maximum atomic E-state index is 12.7. The van der Waals surface area contributed by atoms with Gasteiger partial charge in [-0.15, -0.1) is 0 Å². The summed E-state index contributed by atoms with van der Waals surface area (Å²) >= 11 is 0. The van der Waals surface area contributed by atoms with E-state index in [0.717, 1.165) is 37.1 Å². The molecule has 6 rings (SSSR count). The van der Waals surface area contributed by atoms with Crippen LogP contribution in [0.5, 0.6) is 0 Å². The largest absolute Gasteiger partial charge is 0.339 e.